The van der Waals surface area contributed by atoms with Gasteiger partial charge in [0.05, 0.1) is 6.61 Å². The molecule has 0 aliphatic rings. The van der Waals surface area contributed by atoms with Gasteiger partial charge in [-0.3, -0.25) is 0 Å². The molecule has 20 heavy (non-hydrogen) atoms. The zero-order valence-corrected chi connectivity index (χ0v) is 12.7. The summed E-state index contributed by atoms with van der Waals surface area (Å²) in [6.07, 6.45) is 0. The maximum Gasteiger partial charge on any atom is 0.120 e. The van der Waals surface area contributed by atoms with Crippen LogP contribution >= 0.6 is 0 Å². The first kappa shape index (κ1) is 16.5. The third-order valence-electron chi connectivity index (χ3n) is 2.75. The van der Waals surface area contributed by atoms with Gasteiger partial charge in [-0.25, -0.2) is 0 Å². The van der Waals surface area contributed by atoms with Crippen molar-refractivity contribution in [1.29, 1.82) is 0 Å². The highest BCUT2D eigenvalue weighted by molar-refractivity contribution is 5.83. The van der Waals surface area contributed by atoms with Crippen molar-refractivity contribution in [3.63, 3.8) is 0 Å². The average molecular weight is 275 g/mol. The van der Waals surface area contributed by atoms with Gasteiger partial charge in [-0.05, 0) is 22.9 Å². The topological polar surface area (TPSA) is 30.5 Å². The molecule has 3 nitrogen and oxygen atoms in total. The van der Waals surface area contributed by atoms with Crippen molar-refractivity contribution in [2.75, 3.05) is 33.4 Å². The van der Waals surface area contributed by atoms with Gasteiger partial charge in [0.25, 0.3) is 0 Å². The van der Waals surface area contributed by atoms with E-state index in [1.54, 1.807) is 7.11 Å². The van der Waals surface area contributed by atoms with Crippen molar-refractivity contribution in [1.82, 2.24) is 5.32 Å². The fourth-order valence-electron chi connectivity index (χ4n) is 1.80. The Hall–Kier alpha value is -1.58. The molecule has 0 spiro atoms. The molecule has 0 atom stereocenters. The van der Waals surface area contributed by atoms with E-state index in [9.17, 15) is 0 Å². The molecule has 0 amide bonds. The van der Waals surface area contributed by atoms with Crippen LogP contribution in [0.1, 0.15) is 13.8 Å². The number of ether oxygens (including phenoxy) is 2. The number of hydrogen-bond donors (Lipinski definition) is 1. The van der Waals surface area contributed by atoms with E-state index in [0.29, 0.717) is 6.61 Å². The summed E-state index contributed by atoms with van der Waals surface area (Å²) < 4.78 is 10.6. The van der Waals surface area contributed by atoms with E-state index in [1.165, 1.54) is 10.8 Å². The molecule has 0 aliphatic carbocycles. The van der Waals surface area contributed by atoms with Crippen LogP contribution in [0.4, 0.5) is 0 Å². The van der Waals surface area contributed by atoms with Gasteiger partial charge < -0.3 is 14.8 Å². The fourth-order valence-corrected chi connectivity index (χ4v) is 1.80. The molecule has 0 bridgehead atoms. The second kappa shape index (κ2) is 10.2. The van der Waals surface area contributed by atoms with Crippen LogP contribution in [0.5, 0.6) is 5.75 Å². The highest BCUT2D eigenvalue weighted by atomic mass is 16.5. The van der Waals surface area contributed by atoms with E-state index in [0.717, 1.165) is 25.4 Å². The molecule has 110 valence electrons. The predicted octanol–water partition coefficient (Wildman–Crippen LogP) is 3.48. The van der Waals surface area contributed by atoms with Gasteiger partial charge in [0.2, 0.25) is 0 Å². The van der Waals surface area contributed by atoms with Crippen molar-refractivity contribution >= 4 is 10.8 Å². The number of hydrogen-bond acceptors (Lipinski definition) is 3. The summed E-state index contributed by atoms with van der Waals surface area (Å²) >= 11 is 0. The van der Waals surface area contributed by atoms with Crippen LogP contribution in [-0.2, 0) is 4.74 Å². The number of rotatable bonds is 7. The van der Waals surface area contributed by atoms with Crippen molar-refractivity contribution in [2.24, 2.45) is 0 Å². The van der Waals surface area contributed by atoms with Crippen molar-refractivity contribution < 1.29 is 9.47 Å². The number of fused-ring (bicyclic) bond motifs is 1. The van der Waals surface area contributed by atoms with E-state index in [-0.39, 0.29) is 0 Å². The SMILES string of the molecule is CC.COCCNCCOc1ccc2ccccc2c1. The second-order valence-corrected chi connectivity index (χ2v) is 4.10. The van der Waals surface area contributed by atoms with Gasteiger partial charge in [0, 0.05) is 20.2 Å². The van der Waals surface area contributed by atoms with E-state index < -0.39 is 0 Å². The van der Waals surface area contributed by atoms with Gasteiger partial charge >= 0.3 is 0 Å². The van der Waals surface area contributed by atoms with Gasteiger partial charge in [0.1, 0.15) is 12.4 Å². The zero-order chi connectivity index (χ0) is 14.6. The molecule has 0 heterocycles. The number of methoxy groups -OCH3 is 1. The zero-order valence-electron chi connectivity index (χ0n) is 12.7. The summed E-state index contributed by atoms with van der Waals surface area (Å²) in [5.74, 6) is 0.919. The van der Waals surface area contributed by atoms with Crippen LogP contribution in [0.3, 0.4) is 0 Å². The van der Waals surface area contributed by atoms with Crippen LogP contribution < -0.4 is 10.1 Å². The van der Waals surface area contributed by atoms with Gasteiger partial charge in [-0.2, -0.15) is 0 Å². The van der Waals surface area contributed by atoms with E-state index in [1.807, 2.05) is 32.0 Å². The Kier molecular flexibility index (Phi) is 8.43. The summed E-state index contributed by atoms with van der Waals surface area (Å²) in [4.78, 5) is 0. The molecule has 1 N–H and O–H groups in total. The molecule has 2 aromatic rings. The van der Waals surface area contributed by atoms with Crippen LogP contribution in [0.25, 0.3) is 10.8 Å². The average Bonchev–Trinajstić information content (AvgIpc) is 2.52. The van der Waals surface area contributed by atoms with Gasteiger partial charge in [0.15, 0.2) is 0 Å². The van der Waals surface area contributed by atoms with E-state index >= 15 is 0 Å². The lowest BCUT2D eigenvalue weighted by atomic mass is 10.1. The normalized spacial score (nSPS) is 9.95. The summed E-state index contributed by atoms with van der Waals surface area (Å²) in [5.41, 5.74) is 0. The largest absolute Gasteiger partial charge is 0.492 e. The lowest BCUT2D eigenvalue weighted by molar-refractivity contribution is 0.197. The lowest BCUT2D eigenvalue weighted by Gasteiger charge is -2.08. The molecule has 0 saturated carbocycles. The summed E-state index contributed by atoms with van der Waals surface area (Å²) in [6.45, 7) is 7.09. The van der Waals surface area contributed by atoms with Crippen molar-refractivity contribution in [2.45, 2.75) is 13.8 Å². The molecular formula is C17H25NO2. The van der Waals surface area contributed by atoms with Gasteiger partial charge in [-0.1, -0.05) is 44.2 Å². The summed E-state index contributed by atoms with van der Waals surface area (Å²) in [7, 11) is 1.70. The minimum absolute atomic E-state index is 0.669. The standard InChI is InChI=1S/C15H19NO2.C2H6/c1-17-10-8-16-9-11-18-15-7-6-13-4-2-3-5-14(13)12-15;1-2/h2-7,12,16H,8-11H2,1H3;1-2H3. The smallest absolute Gasteiger partial charge is 0.120 e. The van der Waals surface area contributed by atoms with Crippen LogP contribution in [0.2, 0.25) is 0 Å². The third kappa shape index (κ3) is 5.59. The first-order chi connectivity index (χ1) is 9.90. The Labute approximate surface area is 121 Å². The van der Waals surface area contributed by atoms with Crippen molar-refractivity contribution in [3.8, 4) is 5.75 Å². The minimum Gasteiger partial charge on any atom is -0.492 e. The quantitative estimate of drug-likeness (QED) is 0.785. The first-order valence-corrected chi connectivity index (χ1v) is 7.21. The second-order valence-electron chi connectivity index (χ2n) is 4.10. The Morgan fingerprint density at radius 1 is 0.900 bits per heavy atom. The Balaban J connectivity index is 0.000000956. The van der Waals surface area contributed by atoms with Crippen LogP contribution in [0, 0.1) is 0 Å². The van der Waals surface area contributed by atoms with Crippen LogP contribution in [0.15, 0.2) is 42.5 Å². The number of benzene rings is 2. The maximum absolute atomic E-state index is 5.69. The number of nitrogens with one attached hydrogen (secondary N) is 1. The Morgan fingerprint density at radius 3 is 2.35 bits per heavy atom. The van der Waals surface area contributed by atoms with E-state index in [2.05, 4.69) is 29.6 Å². The van der Waals surface area contributed by atoms with Crippen LogP contribution in [-0.4, -0.2) is 33.4 Å². The van der Waals surface area contributed by atoms with Gasteiger partial charge in [-0.15, -0.1) is 0 Å². The van der Waals surface area contributed by atoms with Crippen molar-refractivity contribution in [3.05, 3.63) is 42.5 Å². The Bertz CT molecular complexity index is 485. The molecule has 0 fully saturated rings. The molecule has 0 aliphatic heterocycles. The summed E-state index contributed by atoms with van der Waals surface area (Å²) in [5, 5.41) is 5.69. The molecule has 0 unspecified atom stereocenters. The molecule has 0 aromatic heterocycles. The maximum atomic E-state index is 5.69. The highest BCUT2D eigenvalue weighted by Gasteiger charge is 1.96. The molecule has 0 saturated heterocycles. The molecule has 0 radical (unpaired) electrons. The third-order valence-corrected chi connectivity index (χ3v) is 2.75. The summed E-state index contributed by atoms with van der Waals surface area (Å²) in [6, 6.07) is 14.5. The fraction of sp³-hybridized carbons (Fsp3) is 0.412. The highest BCUT2D eigenvalue weighted by Crippen LogP contribution is 2.20. The van der Waals surface area contributed by atoms with E-state index in [4.69, 9.17) is 9.47 Å². The lowest BCUT2D eigenvalue weighted by Crippen LogP contribution is -2.24. The molecular weight excluding hydrogens is 250 g/mol. The first-order valence-electron chi connectivity index (χ1n) is 7.21. The Morgan fingerprint density at radius 2 is 1.60 bits per heavy atom. The monoisotopic (exact) mass is 275 g/mol. The molecule has 3 heteroatoms. The minimum atomic E-state index is 0.669. The molecule has 2 rings (SSSR count). The predicted molar refractivity (Wildman–Crippen MR) is 85.5 cm³/mol. The molecule has 2 aromatic carbocycles.